The third kappa shape index (κ3) is 3.09. The van der Waals surface area contributed by atoms with Crippen LogP contribution in [-0.4, -0.2) is 35.8 Å². The van der Waals surface area contributed by atoms with Gasteiger partial charge in [0.1, 0.15) is 5.75 Å². The molecule has 1 aromatic carbocycles. The van der Waals surface area contributed by atoms with Crippen molar-refractivity contribution in [1.29, 1.82) is 0 Å². The van der Waals surface area contributed by atoms with Crippen LogP contribution in [0.15, 0.2) is 18.2 Å². The first-order chi connectivity index (χ1) is 10.6. The molecule has 0 saturated carbocycles. The monoisotopic (exact) mass is 304 g/mol. The third-order valence-corrected chi connectivity index (χ3v) is 3.83. The number of aliphatic hydroxyl groups is 1. The van der Waals surface area contributed by atoms with E-state index >= 15 is 0 Å². The van der Waals surface area contributed by atoms with Crippen molar-refractivity contribution in [2.24, 2.45) is 0 Å². The molecule has 0 fully saturated rings. The second-order valence-electron chi connectivity index (χ2n) is 5.33. The summed E-state index contributed by atoms with van der Waals surface area (Å²) in [6.45, 7) is 5.52. The number of aromatic nitrogens is 1. The van der Waals surface area contributed by atoms with E-state index in [4.69, 9.17) is 9.84 Å². The average Bonchev–Trinajstić information content (AvgIpc) is 2.79. The Morgan fingerprint density at radius 3 is 2.82 bits per heavy atom. The molecular weight excluding hydrogens is 280 g/mol. The molecule has 2 rings (SSSR count). The quantitative estimate of drug-likeness (QED) is 0.772. The summed E-state index contributed by atoms with van der Waals surface area (Å²) >= 11 is 0. The van der Waals surface area contributed by atoms with Gasteiger partial charge in [0, 0.05) is 36.3 Å². The standard InChI is InChI=1S/C17H24N2O3/c1-4-9-19-12(2)16(17(21)18-8-5-10-20)14-11-13(22-3)6-7-15(14)19/h6-7,11,20H,4-5,8-10H2,1-3H3,(H,18,21). The molecule has 120 valence electrons. The molecule has 0 spiro atoms. The molecule has 5 nitrogen and oxygen atoms in total. The topological polar surface area (TPSA) is 63.5 Å². The number of methoxy groups -OCH3 is 1. The van der Waals surface area contributed by atoms with Crippen molar-refractivity contribution < 1.29 is 14.6 Å². The van der Waals surface area contributed by atoms with Crippen LogP contribution >= 0.6 is 0 Å². The van der Waals surface area contributed by atoms with Crippen molar-refractivity contribution in [3.8, 4) is 5.75 Å². The molecule has 0 radical (unpaired) electrons. The van der Waals surface area contributed by atoms with Gasteiger partial charge in [-0.05, 0) is 38.0 Å². The minimum Gasteiger partial charge on any atom is -0.497 e. The first-order valence-electron chi connectivity index (χ1n) is 7.69. The summed E-state index contributed by atoms with van der Waals surface area (Å²) in [6, 6.07) is 5.83. The van der Waals surface area contributed by atoms with Crippen LogP contribution in [-0.2, 0) is 6.54 Å². The van der Waals surface area contributed by atoms with E-state index < -0.39 is 0 Å². The summed E-state index contributed by atoms with van der Waals surface area (Å²) < 4.78 is 7.47. The average molecular weight is 304 g/mol. The SMILES string of the molecule is CCCn1c(C)c(C(=O)NCCCO)c2cc(OC)ccc21. The number of hydrogen-bond donors (Lipinski definition) is 2. The molecular formula is C17H24N2O3. The van der Waals surface area contributed by atoms with E-state index in [1.54, 1.807) is 7.11 Å². The number of rotatable bonds is 7. The van der Waals surface area contributed by atoms with Crippen molar-refractivity contribution >= 4 is 16.8 Å². The highest BCUT2D eigenvalue weighted by Gasteiger charge is 2.19. The van der Waals surface area contributed by atoms with Crippen LogP contribution in [0.25, 0.3) is 10.9 Å². The Labute approximate surface area is 130 Å². The molecule has 2 N–H and O–H groups in total. The van der Waals surface area contributed by atoms with Crippen LogP contribution < -0.4 is 10.1 Å². The smallest absolute Gasteiger partial charge is 0.253 e. The van der Waals surface area contributed by atoms with E-state index in [1.807, 2.05) is 25.1 Å². The molecule has 1 amide bonds. The maximum absolute atomic E-state index is 12.5. The highest BCUT2D eigenvalue weighted by Crippen LogP contribution is 2.29. The zero-order chi connectivity index (χ0) is 16.1. The zero-order valence-corrected chi connectivity index (χ0v) is 13.5. The predicted molar refractivity (Wildman–Crippen MR) is 87.6 cm³/mol. The van der Waals surface area contributed by atoms with Gasteiger partial charge in [-0.25, -0.2) is 0 Å². The summed E-state index contributed by atoms with van der Waals surface area (Å²) in [5.74, 6) is 0.643. The molecule has 22 heavy (non-hydrogen) atoms. The van der Waals surface area contributed by atoms with Crippen molar-refractivity contribution in [2.75, 3.05) is 20.3 Å². The lowest BCUT2D eigenvalue weighted by molar-refractivity contribution is 0.0952. The first kappa shape index (κ1) is 16.4. The number of hydrogen-bond acceptors (Lipinski definition) is 3. The molecule has 0 aliphatic carbocycles. The van der Waals surface area contributed by atoms with E-state index in [2.05, 4.69) is 16.8 Å². The molecule has 0 aliphatic rings. The maximum Gasteiger partial charge on any atom is 0.253 e. The number of nitrogens with zero attached hydrogens (tertiary/aromatic N) is 1. The minimum atomic E-state index is -0.0981. The van der Waals surface area contributed by atoms with E-state index in [0.717, 1.165) is 35.3 Å². The summed E-state index contributed by atoms with van der Waals surface area (Å²) in [5, 5.41) is 12.6. The number of fused-ring (bicyclic) bond motifs is 1. The molecule has 1 aromatic heterocycles. The largest absolute Gasteiger partial charge is 0.497 e. The molecule has 0 atom stereocenters. The van der Waals surface area contributed by atoms with Crippen LogP contribution in [0, 0.1) is 6.92 Å². The van der Waals surface area contributed by atoms with Crippen LogP contribution in [0.2, 0.25) is 0 Å². The van der Waals surface area contributed by atoms with Crippen LogP contribution in [0.5, 0.6) is 5.75 Å². The van der Waals surface area contributed by atoms with Gasteiger partial charge in [-0.2, -0.15) is 0 Å². The predicted octanol–water partition coefficient (Wildman–Crippen LogP) is 2.48. The van der Waals surface area contributed by atoms with Gasteiger partial charge in [0.2, 0.25) is 0 Å². The fourth-order valence-corrected chi connectivity index (χ4v) is 2.76. The fourth-order valence-electron chi connectivity index (χ4n) is 2.76. The zero-order valence-electron chi connectivity index (χ0n) is 13.5. The normalized spacial score (nSPS) is 10.9. The Kier molecular flexibility index (Phi) is 5.44. The summed E-state index contributed by atoms with van der Waals surface area (Å²) in [6.07, 6.45) is 1.56. The van der Waals surface area contributed by atoms with Crippen LogP contribution in [0.4, 0.5) is 0 Å². The van der Waals surface area contributed by atoms with Crippen LogP contribution in [0.1, 0.15) is 35.8 Å². The van der Waals surface area contributed by atoms with Crippen LogP contribution in [0.3, 0.4) is 0 Å². The van der Waals surface area contributed by atoms with Gasteiger partial charge in [-0.1, -0.05) is 6.92 Å². The third-order valence-electron chi connectivity index (χ3n) is 3.83. The lowest BCUT2D eigenvalue weighted by atomic mass is 10.1. The number of ether oxygens (including phenoxy) is 1. The van der Waals surface area contributed by atoms with E-state index in [1.165, 1.54) is 0 Å². The maximum atomic E-state index is 12.5. The van der Waals surface area contributed by atoms with E-state index in [-0.39, 0.29) is 12.5 Å². The van der Waals surface area contributed by atoms with E-state index in [9.17, 15) is 4.79 Å². The van der Waals surface area contributed by atoms with Crippen molar-refractivity contribution in [1.82, 2.24) is 9.88 Å². The Balaban J connectivity index is 2.50. The number of aliphatic hydroxyl groups excluding tert-OH is 1. The van der Waals surface area contributed by atoms with Gasteiger partial charge in [0.15, 0.2) is 0 Å². The first-order valence-corrected chi connectivity index (χ1v) is 7.69. The molecule has 2 aromatic rings. The van der Waals surface area contributed by atoms with Crippen molar-refractivity contribution in [3.63, 3.8) is 0 Å². The number of carbonyl (C=O) groups excluding carboxylic acids is 1. The van der Waals surface area contributed by atoms with Gasteiger partial charge in [-0.15, -0.1) is 0 Å². The Morgan fingerprint density at radius 2 is 2.18 bits per heavy atom. The molecule has 0 unspecified atom stereocenters. The molecule has 0 bridgehead atoms. The molecule has 1 heterocycles. The number of benzene rings is 1. The Hall–Kier alpha value is -2.01. The van der Waals surface area contributed by atoms with Gasteiger partial charge in [0.25, 0.3) is 5.91 Å². The van der Waals surface area contributed by atoms with Gasteiger partial charge in [0.05, 0.1) is 12.7 Å². The number of aryl methyl sites for hydroxylation is 1. The Bertz CT molecular complexity index is 661. The molecule has 5 heteroatoms. The summed E-state index contributed by atoms with van der Waals surface area (Å²) in [7, 11) is 1.62. The Morgan fingerprint density at radius 1 is 1.41 bits per heavy atom. The lowest BCUT2D eigenvalue weighted by Crippen LogP contribution is -2.25. The number of carbonyl (C=O) groups is 1. The van der Waals surface area contributed by atoms with Crippen molar-refractivity contribution in [3.05, 3.63) is 29.5 Å². The van der Waals surface area contributed by atoms with Crippen molar-refractivity contribution in [2.45, 2.75) is 33.2 Å². The highest BCUT2D eigenvalue weighted by atomic mass is 16.5. The summed E-state index contributed by atoms with van der Waals surface area (Å²) in [5.41, 5.74) is 2.71. The number of amides is 1. The minimum absolute atomic E-state index is 0.0741. The fraction of sp³-hybridized carbons (Fsp3) is 0.471. The molecule has 0 aliphatic heterocycles. The summed E-state index contributed by atoms with van der Waals surface area (Å²) in [4.78, 5) is 12.5. The van der Waals surface area contributed by atoms with Gasteiger partial charge >= 0.3 is 0 Å². The highest BCUT2D eigenvalue weighted by molar-refractivity contribution is 6.08. The lowest BCUT2D eigenvalue weighted by Gasteiger charge is -2.07. The second-order valence-corrected chi connectivity index (χ2v) is 5.33. The van der Waals surface area contributed by atoms with Gasteiger partial charge < -0.3 is 19.7 Å². The second kappa shape index (κ2) is 7.31. The molecule has 0 saturated heterocycles. The van der Waals surface area contributed by atoms with Gasteiger partial charge in [-0.3, -0.25) is 4.79 Å². The number of nitrogens with one attached hydrogen (secondary N) is 1. The van der Waals surface area contributed by atoms with E-state index in [0.29, 0.717) is 18.5 Å².